The van der Waals surface area contributed by atoms with E-state index in [0.717, 1.165) is 0 Å². The number of nitrogens with zero attached hydrogens (tertiary/aromatic N) is 3. The molecule has 0 radical (unpaired) electrons. The summed E-state index contributed by atoms with van der Waals surface area (Å²) in [5, 5.41) is 4.08. The van der Waals surface area contributed by atoms with E-state index in [2.05, 4.69) is 20.1 Å². The molecule has 0 aliphatic rings. The summed E-state index contributed by atoms with van der Waals surface area (Å²) in [4.78, 5) is 21.6. The Morgan fingerprint density at radius 1 is 1.56 bits per heavy atom. The highest BCUT2D eigenvalue weighted by Gasteiger charge is 2.05. The first-order chi connectivity index (χ1) is 7.63. The smallest absolute Gasteiger partial charge is 0.253 e. The van der Waals surface area contributed by atoms with E-state index in [-0.39, 0.29) is 11.4 Å². The van der Waals surface area contributed by atoms with Gasteiger partial charge in [0.25, 0.3) is 5.56 Å². The SMILES string of the molecule is Cc1noc(CSc2nc(N)cc(=O)[nH]2)n1. The number of aromatic nitrogens is 4. The Hall–Kier alpha value is -1.83. The number of hydrogen-bond acceptors (Lipinski definition) is 7. The van der Waals surface area contributed by atoms with Gasteiger partial charge in [-0.05, 0) is 6.92 Å². The van der Waals surface area contributed by atoms with Crippen molar-refractivity contribution in [2.75, 3.05) is 5.73 Å². The Balaban J connectivity index is 2.07. The van der Waals surface area contributed by atoms with E-state index < -0.39 is 0 Å². The van der Waals surface area contributed by atoms with Gasteiger partial charge in [0.05, 0.1) is 5.75 Å². The van der Waals surface area contributed by atoms with Crippen molar-refractivity contribution in [2.24, 2.45) is 0 Å². The Kier molecular flexibility index (Phi) is 2.91. The third kappa shape index (κ3) is 2.60. The fourth-order valence-corrected chi connectivity index (χ4v) is 1.77. The molecule has 3 N–H and O–H groups in total. The molecule has 0 bridgehead atoms. The van der Waals surface area contributed by atoms with Gasteiger partial charge in [0.2, 0.25) is 5.89 Å². The van der Waals surface area contributed by atoms with Gasteiger partial charge in [-0.2, -0.15) is 4.98 Å². The average molecular weight is 239 g/mol. The Bertz CT molecular complexity index is 549. The first-order valence-electron chi connectivity index (χ1n) is 4.42. The molecule has 0 saturated heterocycles. The minimum Gasteiger partial charge on any atom is -0.383 e. The molecule has 0 amide bonds. The monoisotopic (exact) mass is 239 g/mol. The quantitative estimate of drug-likeness (QED) is 0.586. The number of aromatic amines is 1. The molecule has 0 unspecified atom stereocenters. The van der Waals surface area contributed by atoms with Crippen LogP contribution >= 0.6 is 11.8 Å². The first kappa shape index (κ1) is 10.7. The molecule has 2 rings (SSSR count). The first-order valence-corrected chi connectivity index (χ1v) is 5.41. The van der Waals surface area contributed by atoms with Gasteiger partial charge in [-0.3, -0.25) is 4.79 Å². The van der Waals surface area contributed by atoms with Crippen molar-refractivity contribution in [1.29, 1.82) is 0 Å². The number of H-pyrrole nitrogens is 1. The fourth-order valence-electron chi connectivity index (χ4n) is 1.05. The van der Waals surface area contributed by atoms with Crippen LogP contribution in [0.25, 0.3) is 0 Å². The number of nitrogens with two attached hydrogens (primary N) is 1. The van der Waals surface area contributed by atoms with Gasteiger partial charge >= 0.3 is 0 Å². The van der Waals surface area contributed by atoms with Crippen LogP contribution in [0.4, 0.5) is 5.82 Å². The number of nitrogens with one attached hydrogen (secondary N) is 1. The maximum atomic E-state index is 11.1. The molecule has 2 aromatic heterocycles. The summed E-state index contributed by atoms with van der Waals surface area (Å²) < 4.78 is 4.91. The molecule has 0 saturated carbocycles. The van der Waals surface area contributed by atoms with E-state index in [1.165, 1.54) is 17.8 Å². The van der Waals surface area contributed by atoms with Crippen molar-refractivity contribution in [3.05, 3.63) is 28.1 Å². The van der Waals surface area contributed by atoms with Crippen molar-refractivity contribution in [3.63, 3.8) is 0 Å². The third-order valence-electron chi connectivity index (χ3n) is 1.64. The molecule has 8 heteroatoms. The summed E-state index contributed by atoms with van der Waals surface area (Å²) >= 11 is 1.27. The van der Waals surface area contributed by atoms with Crippen LogP contribution in [0, 0.1) is 6.92 Å². The highest BCUT2D eigenvalue weighted by molar-refractivity contribution is 7.98. The summed E-state index contributed by atoms with van der Waals surface area (Å²) in [6, 6.07) is 1.22. The van der Waals surface area contributed by atoms with Gasteiger partial charge in [-0.15, -0.1) is 0 Å². The lowest BCUT2D eigenvalue weighted by atomic mass is 10.6. The van der Waals surface area contributed by atoms with E-state index in [1.54, 1.807) is 6.92 Å². The van der Waals surface area contributed by atoms with E-state index >= 15 is 0 Å². The minimum atomic E-state index is -0.281. The maximum Gasteiger partial charge on any atom is 0.253 e. The lowest BCUT2D eigenvalue weighted by molar-refractivity contribution is 0.387. The molecule has 0 aliphatic heterocycles. The second-order valence-electron chi connectivity index (χ2n) is 3.00. The van der Waals surface area contributed by atoms with Crippen LogP contribution in [0.5, 0.6) is 0 Å². The van der Waals surface area contributed by atoms with E-state index in [0.29, 0.717) is 22.6 Å². The van der Waals surface area contributed by atoms with Crippen LogP contribution in [0.15, 0.2) is 20.5 Å². The van der Waals surface area contributed by atoms with Gasteiger partial charge in [0.1, 0.15) is 5.82 Å². The molecule has 0 fully saturated rings. The third-order valence-corrected chi connectivity index (χ3v) is 2.50. The molecule has 0 spiro atoms. The number of rotatable bonds is 3. The van der Waals surface area contributed by atoms with Crippen LogP contribution in [0.2, 0.25) is 0 Å². The minimum absolute atomic E-state index is 0.188. The van der Waals surface area contributed by atoms with E-state index in [4.69, 9.17) is 10.3 Å². The van der Waals surface area contributed by atoms with Gasteiger partial charge < -0.3 is 15.2 Å². The summed E-state index contributed by atoms with van der Waals surface area (Å²) in [6.07, 6.45) is 0. The summed E-state index contributed by atoms with van der Waals surface area (Å²) in [6.45, 7) is 1.73. The molecular weight excluding hydrogens is 230 g/mol. The van der Waals surface area contributed by atoms with Crippen molar-refractivity contribution >= 4 is 17.6 Å². The maximum absolute atomic E-state index is 11.1. The van der Waals surface area contributed by atoms with Crippen molar-refractivity contribution in [1.82, 2.24) is 20.1 Å². The number of anilines is 1. The zero-order chi connectivity index (χ0) is 11.5. The Labute approximate surface area is 94.5 Å². The number of aryl methyl sites for hydroxylation is 1. The fraction of sp³-hybridized carbons (Fsp3) is 0.250. The molecule has 84 valence electrons. The summed E-state index contributed by atoms with van der Waals surface area (Å²) in [5.74, 6) is 1.68. The normalized spacial score (nSPS) is 10.6. The molecule has 16 heavy (non-hydrogen) atoms. The zero-order valence-corrected chi connectivity index (χ0v) is 9.24. The highest BCUT2D eigenvalue weighted by Crippen LogP contribution is 2.17. The highest BCUT2D eigenvalue weighted by atomic mass is 32.2. The van der Waals surface area contributed by atoms with Crippen LogP contribution < -0.4 is 11.3 Å². The molecule has 0 aliphatic carbocycles. The van der Waals surface area contributed by atoms with Crippen molar-refractivity contribution in [2.45, 2.75) is 17.8 Å². The molecule has 0 atom stereocenters. The predicted molar refractivity (Wildman–Crippen MR) is 57.9 cm³/mol. The second-order valence-corrected chi connectivity index (χ2v) is 3.96. The largest absolute Gasteiger partial charge is 0.383 e. The van der Waals surface area contributed by atoms with Gasteiger partial charge in [0, 0.05) is 6.07 Å². The van der Waals surface area contributed by atoms with Crippen LogP contribution in [-0.2, 0) is 5.75 Å². The molecule has 0 aromatic carbocycles. The summed E-state index contributed by atoms with van der Waals surface area (Å²) in [5.41, 5.74) is 5.16. The topological polar surface area (TPSA) is 111 Å². The van der Waals surface area contributed by atoms with Crippen LogP contribution in [-0.4, -0.2) is 20.1 Å². The van der Waals surface area contributed by atoms with Crippen molar-refractivity contribution < 1.29 is 4.52 Å². The predicted octanol–water partition coefficient (Wildman–Crippen LogP) is 0.336. The van der Waals surface area contributed by atoms with Gasteiger partial charge in [-0.1, -0.05) is 16.9 Å². The standard InChI is InChI=1S/C8H9N5O2S/c1-4-10-7(15-13-4)3-16-8-11-5(9)2-6(14)12-8/h2H,3H2,1H3,(H3,9,11,12,14). The summed E-state index contributed by atoms with van der Waals surface area (Å²) in [7, 11) is 0. The molecule has 7 nitrogen and oxygen atoms in total. The Morgan fingerprint density at radius 2 is 2.38 bits per heavy atom. The average Bonchev–Trinajstić information content (AvgIpc) is 2.60. The Morgan fingerprint density at radius 3 is 3.00 bits per heavy atom. The zero-order valence-electron chi connectivity index (χ0n) is 8.43. The lowest BCUT2D eigenvalue weighted by Gasteiger charge is -1.97. The van der Waals surface area contributed by atoms with Gasteiger partial charge in [0.15, 0.2) is 11.0 Å². The molecule has 2 aromatic rings. The molecule has 2 heterocycles. The van der Waals surface area contributed by atoms with Crippen molar-refractivity contribution in [3.8, 4) is 0 Å². The number of nitrogen functional groups attached to an aromatic ring is 1. The van der Waals surface area contributed by atoms with E-state index in [9.17, 15) is 4.79 Å². The molecular formula is C8H9N5O2S. The second kappa shape index (κ2) is 4.35. The number of hydrogen-bond donors (Lipinski definition) is 2. The number of thioether (sulfide) groups is 1. The van der Waals surface area contributed by atoms with Crippen LogP contribution in [0.3, 0.4) is 0 Å². The lowest BCUT2D eigenvalue weighted by Crippen LogP contribution is -2.09. The van der Waals surface area contributed by atoms with Gasteiger partial charge in [-0.25, -0.2) is 4.98 Å². The van der Waals surface area contributed by atoms with Crippen LogP contribution in [0.1, 0.15) is 11.7 Å². The van der Waals surface area contributed by atoms with E-state index in [1.807, 2.05) is 0 Å².